The molecule has 0 saturated heterocycles. The molecule has 0 saturated carbocycles. The number of aromatic nitrogens is 1. The molecule has 0 aliphatic rings. The van der Waals surface area contributed by atoms with Crippen LogP contribution < -0.4 is 0 Å². The summed E-state index contributed by atoms with van der Waals surface area (Å²) in [6.07, 6.45) is 1.47. The maximum Gasteiger partial charge on any atom is 0.229 e. The van der Waals surface area contributed by atoms with Crippen LogP contribution in [0.2, 0.25) is 0 Å². The molecule has 0 aliphatic carbocycles. The number of rotatable bonds is 5. The lowest BCUT2D eigenvalue weighted by Crippen LogP contribution is -2.30. The Morgan fingerprint density at radius 3 is 2.60 bits per heavy atom. The first-order valence-corrected chi connectivity index (χ1v) is 8.05. The van der Waals surface area contributed by atoms with Gasteiger partial charge in [-0.2, -0.15) is 0 Å². The fraction of sp³-hybridized carbons (Fsp3) is 0.200. The van der Waals surface area contributed by atoms with Gasteiger partial charge in [-0.1, -0.05) is 47.6 Å². The molecule has 1 atom stereocenters. The topological polar surface area (TPSA) is 46.3 Å². The van der Waals surface area contributed by atoms with Crippen LogP contribution in [-0.2, 0) is 11.3 Å². The van der Waals surface area contributed by atoms with Crippen molar-refractivity contribution in [2.75, 3.05) is 7.05 Å². The van der Waals surface area contributed by atoms with Gasteiger partial charge in [-0.15, -0.1) is 0 Å². The third-order valence-electron chi connectivity index (χ3n) is 4.21. The molecule has 4 nitrogen and oxygen atoms in total. The summed E-state index contributed by atoms with van der Waals surface area (Å²) < 4.78 is 19.3. The zero-order valence-electron chi connectivity index (χ0n) is 14.1. The molecule has 0 aliphatic heterocycles. The SMILES string of the molecule is C[C@@H](C(=O)N(C)Cc1ccon1)c1ccc(-c2ccccc2)c(F)c1. The van der Waals surface area contributed by atoms with Crippen LogP contribution in [0.15, 0.2) is 65.4 Å². The number of benzene rings is 2. The van der Waals surface area contributed by atoms with E-state index in [9.17, 15) is 9.18 Å². The number of hydrogen-bond acceptors (Lipinski definition) is 3. The average Bonchev–Trinajstić information content (AvgIpc) is 3.14. The van der Waals surface area contributed by atoms with Crippen LogP contribution in [0.3, 0.4) is 0 Å². The number of carbonyl (C=O) groups is 1. The Kier molecular flexibility index (Phi) is 4.93. The minimum atomic E-state index is -0.448. The summed E-state index contributed by atoms with van der Waals surface area (Å²) in [4.78, 5) is 14.1. The molecule has 0 spiro atoms. The molecule has 1 amide bonds. The summed E-state index contributed by atoms with van der Waals surface area (Å²) in [5, 5.41) is 3.80. The quantitative estimate of drug-likeness (QED) is 0.699. The highest BCUT2D eigenvalue weighted by Gasteiger charge is 2.21. The van der Waals surface area contributed by atoms with Gasteiger partial charge in [0.05, 0.1) is 12.5 Å². The van der Waals surface area contributed by atoms with E-state index in [2.05, 4.69) is 5.16 Å². The summed E-state index contributed by atoms with van der Waals surface area (Å²) in [5.74, 6) is -0.881. The first-order chi connectivity index (χ1) is 12.1. The molecule has 0 fully saturated rings. The van der Waals surface area contributed by atoms with Crippen LogP contribution in [0.4, 0.5) is 4.39 Å². The highest BCUT2D eigenvalue weighted by Crippen LogP contribution is 2.27. The highest BCUT2D eigenvalue weighted by molar-refractivity contribution is 5.83. The molecule has 5 heteroatoms. The number of halogens is 1. The van der Waals surface area contributed by atoms with Crippen molar-refractivity contribution in [2.24, 2.45) is 0 Å². The first kappa shape index (κ1) is 16.9. The van der Waals surface area contributed by atoms with E-state index < -0.39 is 5.92 Å². The molecule has 0 unspecified atom stereocenters. The second-order valence-electron chi connectivity index (χ2n) is 6.01. The van der Waals surface area contributed by atoms with Gasteiger partial charge in [0.15, 0.2) is 0 Å². The lowest BCUT2D eigenvalue weighted by Gasteiger charge is -2.21. The fourth-order valence-electron chi connectivity index (χ4n) is 2.77. The Bertz CT molecular complexity index is 847. The molecule has 1 heterocycles. The minimum absolute atomic E-state index is 0.102. The van der Waals surface area contributed by atoms with Gasteiger partial charge in [-0.05, 0) is 24.1 Å². The molecule has 128 valence electrons. The molecule has 1 aromatic heterocycles. The summed E-state index contributed by atoms with van der Waals surface area (Å²) in [5.41, 5.74) is 2.66. The van der Waals surface area contributed by atoms with Crippen molar-refractivity contribution < 1.29 is 13.7 Å². The zero-order chi connectivity index (χ0) is 17.8. The van der Waals surface area contributed by atoms with E-state index in [1.807, 2.05) is 30.3 Å². The Morgan fingerprint density at radius 2 is 1.96 bits per heavy atom. The maximum atomic E-state index is 14.5. The molecular formula is C20H19FN2O2. The standard InChI is InChI=1S/C20H19FN2O2/c1-14(20(24)23(2)13-17-10-11-25-22-17)16-8-9-18(19(21)12-16)15-6-4-3-5-7-15/h3-12,14H,13H2,1-2H3/t14-/m1/s1. The van der Waals surface area contributed by atoms with E-state index in [1.165, 1.54) is 12.3 Å². The molecule has 25 heavy (non-hydrogen) atoms. The van der Waals surface area contributed by atoms with Crippen molar-refractivity contribution in [3.05, 3.63) is 77.9 Å². The summed E-state index contributed by atoms with van der Waals surface area (Å²) in [6, 6.07) is 16.0. The van der Waals surface area contributed by atoms with E-state index in [0.717, 1.165) is 5.56 Å². The Hall–Kier alpha value is -2.95. The lowest BCUT2D eigenvalue weighted by molar-refractivity contribution is -0.131. The Labute approximate surface area is 145 Å². The van der Waals surface area contributed by atoms with Crippen LogP contribution in [-0.4, -0.2) is 23.0 Å². The number of carbonyl (C=O) groups excluding carboxylic acids is 1. The van der Waals surface area contributed by atoms with E-state index in [1.54, 1.807) is 37.1 Å². The zero-order valence-corrected chi connectivity index (χ0v) is 14.1. The third-order valence-corrected chi connectivity index (χ3v) is 4.21. The van der Waals surface area contributed by atoms with Crippen molar-refractivity contribution in [1.29, 1.82) is 0 Å². The van der Waals surface area contributed by atoms with Crippen molar-refractivity contribution in [2.45, 2.75) is 19.4 Å². The van der Waals surface area contributed by atoms with E-state index in [4.69, 9.17) is 4.52 Å². The predicted octanol–water partition coefficient (Wildman–Crippen LogP) is 4.24. The Balaban J connectivity index is 1.77. The maximum absolute atomic E-state index is 14.5. The minimum Gasteiger partial charge on any atom is -0.364 e. The number of hydrogen-bond donors (Lipinski definition) is 0. The Morgan fingerprint density at radius 1 is 1.20 bits per heavy atom. The second-order valence-corrected chi connectivity index (χ2v) is 6.01. The van der Waals surface area contributed by atoms with E-state index >= 15 is 0 Å². The largest absolute Gasteiger partial charge is 0.364 e. The normalized spacial score (nSPS) is 12.0. The van der Waals surface area contributed by atoms with Gasteiger partial charge in [0.1, 0.15) is 17.8 Å². The lowest BCUT2D eigenvalue weighted by atomic mass is 9.96. The van der Waals surface area contributed by atoms with Gasteiger partial charge in [-0.3, -0.25) is 4.79 Å². The molecular weight excluding hydrogens is 319 g/mol. The first-order valence-electron chi connectivity index (χ1n) is 8.05. The van der Waals surface area contributed by atoms with Crippen molar-refractivity contribution in [1.82, 2.24) is 10.1 Å². The van der Waals surface area contributed by atoms with E-state index in [-0.39, 0.29) is 11.7 Å². The van der Waals surface area contributed by atoms with Crippen LogP contribution in [0.1, 0.15) is 24.1 Å². The highest BCUT2D eigenvalue weighted by atomic mass is 19.1. The monoisotopic (exact) mass is 338 g/mol. The van der Waals surface area contributed by atoms with Gasteiger partial charge in [-0.25, -0.2) is 4.39 Å². The van der Waals surface area contributed by atoms with Crippen LogP contribution in [0, 0.1) is 5.82 Å². The molecule has 0 radical (unpaired) electrons. The molecule has 0 bridgehead atoms. The van der Waals surface area contributed by atoms with Crippen LogP contribution in [0.25, 0.3) is 11.1 Å². The van der Waals surface area contributed by atoms with E-state index in [0.29, 0.717) is 23.4 Å². The van der Waals surface area contributed by atoms with Gasteiger partial charge in [0, 0.05) is 18.7 Å². The van der Waals surface area contributed by atoms with Crippen molar-refractivity contribution >= 4 is 5.91 Å². The van der Waals surface area contributed by atoms with Gasteiger partial charge in [0.25, 0.3) is 0 Å². The summed E-state index contributed by atoms with van der Waals surface area (Å²) in [6.45, 7) is 2.13. The van der Waals surface area contributed by atoms with Gasteiger partial charge < -0.3 is 9.42 Å². The summed E-state index contributed by atoms with van der Waals surface area (Å²) >= 11 is 0. The summed E-state index contributed by atoms with van der Waals surface area (Å²) in [7, 11) is 1.70. The van der Waals surface area contributed by atoms with Crippen LogP contribution >= 0.6 is 0 Å². The second kappa shape index (κ2) is 7.30. The van der Waals surface area contributed by atoms with Crippen LogP contribution in [0.5, 0.6) is 0 Å². The number of likely N-dealkylation sites (N-methyl/N-ethyl adjacent to an activating group) is 1. The fourth-order valence-corrected chi connectivity index (χ4v) is 2.77. The third kappa shape index (κ3) is 3.76. The molecule has 3 aromatic rings. The van der Waals surface area contributed by atoms with Crippen molar-refractivity contribution in [3.63, 3.8) is 0 Å². The molecule has 3 rings (SSSR count). The molecule has 2 aromatic carbocycles. The smallest absolute Gasteiger partial charge is 0.229 e. The molecule has 0 N–H and O–H groups in total. The van der Waals surface area contributed by atoms with Gasteiger partial charge in [0.2, 0.25) is 5.91 Å². The van der Waals surface area contributed by atoms with Gasteiger partial charge >= 0.3 is 0 Å². The predicted molar refractivity (Wildman–Crippen MR) is 93.2 cm³/mol. The average molecular weight is 338 g/mol. The number of amides is 1. The number of nitrogens with zero attached hydrogens (tertiary/aromatic N) is 2. The van der Waals surface area contributed by atoms with Crippen molar-refractivity contribution in [3.8, 4) is 11.1 Å².